The van der Waals surface area contributed by atoms with Gasteiger partial charge in [-0.15, -0.1) is 0 Å². The highest BCUT2D eigenvalue weighted by Crippen LogP contribution is 2.18. The highest BCUT2D eigenvalue weighted by Gasteiger charge is 2.08. The summed E-state index contributed by atoms with van der Waals surface area (Å²) in [5.41, 5.74) is 2.47. The summed E-state index contributed by atoms with van der Waals surface area (Å²) in [6.07, 6.45) is 1.78. The van der Waals surface area contributed by atoms with Crippen molar-refractivity contribution in [3.63, 3.8) is 0 Å². The summed E-state index contributed by atoms with van der Waals surface area (Å²) < 4.78 is 4.95. The fraction of sp³-hybridized carbons (Fsp3) is 0.250. The van der Waals surface area contributed by atoms with E-state index in [0.29, 0.717) is 12.2 Å². The maximum Gasteiger partial charge on any atom is 0.338 e. The molecule has 1 N–H and O–H groups in total. The van der Waals surface area contributed by atoms with E-state index in [2.05, 4.69) is 10.3 Å². The Hall–Kier alpha value is -2.36. The minimum atomic E-state index is -0.295. The molecule has 104 valence electrons. The molecule has 0 aliphatic carbocycles. The van der Waals surface area contributed by atoms with Crippen LogP contribution in [-0.4, -0.2) is 17.6 Å². The molecule has 0 saturated heterocycles. The maximum absolute atomic E-state index is 11.5. The number of rotatable bonds is 5. The van der Waals surface area contributed by atoms with Gasteiger partial charge in [-0.1, -0.05) is 6.07 Å². The molecule has 0 spiro atoms. The second-order valence-electron chi connectivity index (χ2n) is 4.42. The van der Waals surface area contributed by atoms with Gasteiger partial charge in [0.25, 0.3) is 0 Å². The normalized spacial score (nSPS) is 11.7. The molecular weight excluding hydrogens is 252 g/mol. The molecule has 1 atom stereocenters. The Balaban J connectivity index is 2.02. The fourth-order valence-corrected chi connectivity index (χ4v) is 1.87. The molecule has 0 saturated carbocycles. The van der Waals surface area contributed by atoms with E-state index in [1.807, 2.05) is 37.3 Å². The third-order valence-corrected chi connectivity index (χ3v) is 2.91. The minimum Gasteiger partial charge on any atom is -0.462 e. The van der Waals surface area contributed by atoms with Crippen molar-refractivity contribution in [1.82, 2.24) is 4.98 Å². The Labute approximate surface area is 118 Å². The van der Waals surface area contributed by atoms with Gasteiger partial charge in [-0.2, -0.15) is 0 Å². The molecule has 0 aliphatic heterocycles. The van der Waals surface area contributed by atoms with Gasteiger partial charge in [-0.3, -0.25) is 4.98 Å². The summed E-state index contributed by atoms with van der Waals surface area (Å²) in [6, 6.07) is 13.2. The predicted molar refractivity (Wildman–Crippen MR) is 78.7 cm³/mol. The quantitative estimate of drug-likeness (QED) is 0.846. The van der Waals surface area contributed by atoms with Crippen LogP contribution in [-0.2, 0) is 4.74 Å². The van der Waals surface area contributed by atoms with Crippen LogP contribution in [0.25, 0.3) is 0 Å². The number of carbonyl (C=O) groups excluding carboxylic acids is 1. The lowest BCUT2D eigenvalue weighted by Gasteiger charge is -2.14. The lowest BCUT2D eigenvalue weighted by Crippen LogP contribution is -2.09. The van der Waals surface area contributed by atoms with Crippen molar-refractivity contribution in [3.05, 3.63) is 59.9 Å². The van der Waals surface area contributed by atoms with E-state index in [4.69, 9.17) is 4.74 Å². The van der Waals surface area contributed by atoms with E-state index in [0.717, 1.165) is 11.4 Å². The molecule has 0 fully saturated rings. The molecule has 4 nitrogen and oxygen atoms in total. The molecule has 1 aromatic heterocycles. The first kappa shape index (κ1) is 14.1. The van der Waals surface area contributed by atoms with Gasteiger partial charge in [0.15, 0.2) is 0 Å². The molecular formula is C16H18N2O2. The van der Waals surface area contributed by atoms with Gasteiger partial charge in [0.2, 0.25) is 0 Å². The van der Waals surface area contributed by atoms with Gasteiger partial charge in [-0.25, -0.2) is 4.79 Å². The zero-order valence-electron chi connectivity index (χ0n) is 11.7. The average molecular weight is 270 g/mol. The van der Waals surface area contributed by atoms with Crippen LogP contribution in [0, 0.1) is 0 Å². The Morgan fingerprint density at radius 1 is 1.25 bits per heavy atom. The lowest BCUT2D eigenvalue weighted by molar-refractivity contribution is 0.0526. The van der Waals surface area contributed by atoms with Gasteiger partial charge in [0.05, 0.1) is 23.9 Å². The third-order valence-electron chi connectivity index (χ3n) is 2.91. The van der Waals surface area contributed by atoms with Crippen molar-refractivity contribution >= 4 is 11.7 Å². The number of benzene rings is 1. The molecule has 0 bridgehead atoms. The van der Waals surface area contributed by atoms with Crippen molar-refractivity contribution in [2.24, 2.45) is 0 Å². The standard InChI is InChI=1S/C16H18N2O2/c1-3-20-16(19)13-7-9-14(10-8-13)18-12(2)15-6-4-5-11-17-15/h4-12,18H,3H2,1-2H3. The summed E-state index contributed by atoms with van der Waals surface area (Å²) in [5, 5.41) is 3.34. The van der Waals surface area contributed by atoms with E-state index < -0.39 is 0 Å². The van der Waals surface area contributed by atoms with Crippen LogP contribution < -0.4 is 5.32 Å². The van der Waals surface area contributed by atoms with E-state index in [-0.39, 0.29) is 12.0 Å². The molecule has 20 heavy (non-hydrogen) atoms. The predicted octanol–water partition coefficient (Wildman–Crippen LogP) is 3.43. The molecule has 1 unspecified atom stereocenters. The topological polar surface area (TPSA) is 51.2 Å². The Bertz CT molecular complexity index is 552. The first-order valence-electron chi connectivity index (χ1n) is 6.65. The number of ether oxygens (including phenoxy) is 1. The van der Waals surface area contributed by atoms with Crippen molar-refractivity contribution < 1.29 is 9.53 Å². The Morgan fingerprint density at radius 2 is 2.00 bits per heavy atom. The van der Waals surface area contributed by atoms with Gasteiger partial charge in [-0.05, 0) is 50.2 Å². The number of nitrogens with zero attached hydrogens (tertiary/aromatic N) is 1. The Morgan fingerprint density at radius 3 is 2.60 bits per heavy atom. The van der Waals surface area contributed by atoms with E-state index in [9.17, 15) is 4.79 Å². The van der Waals surface area contributed by atoms with Crippen molar-refractivity contribution in [2.45, 2.75) is 19.9 Å². The van der Waals surface area contributed by atoms with Gasteiger partial charge >= 0.3 is 5.97 Å². The first-order chi connectivity index (χ1) is 9.70. The minimum absolute atomic E-state index is 0.102. The van der Waals surface area contributed by atoms with E-state index in [1.54, 1.807) is 25.3 Å². The van der Waals surface area contributed by atoms with Crippen LogP contribution in [0.15, 0.2) is 48.7 Å². The van der Waals surface area contributed by atoms with Crippen LogP contribution >= 0.6 is 0 Å². The highest BCUT2D eigenvalue weighted by molar-refractivity contribution is 5.89. The summed E-state index contributed by atoms with van der Waals surface area (Å²) in [7, 11) is 0. The number of pyridine rings is 1. The third kappa shape index (κ3) is 3.57. The number of nitrogens with one attached hydrogen (secondary N) is 1. The average Bonchev–Trinajstić information content (AvgIpc) is 2.49. The maximum atomic E-state index is 11.5. The summed E-state index contributed by atoms with van der Waals surface area (Å²) in [4.78, 5) is 15.9. The van der Waals surface area contributed by atoms with Crippen LogP contribution in [0.3, 0.4) is 0 Å². The van der Waals surface area contributed by atoms with Crippen LogP contribution in [0.2, 0.25) is 0 Å². The zero-order chi connectivity index (χ0) is 14.4. The number of hydrogen-bond acceptors (Lipinski definition) is 4. The first-order valence-corrected chi connectivity index (χ1v) is 6.65. The molecule has 1 aromatic carbocycles. The Kier molecular flexibility index (Phi) is 4.71. The summed E-state index contributed by atoms with van der Waals surface area (Å²) >= 11 is 0. The number of anilines is 1. The second-order valence-corrected chi connectivity index (χ2v) is 4.42. The van der Waals surface area contributed by atoms with Crippen molar-refractivity contribution in [1.29, 1.82) is 0 Å². The number of esters is 1. The van der Waals surface area contributed by atoms with E-state index in [1.165, 1.54) is 0 Å². The molecule has 1 heterocycles. The van der Waals surface area contributed by atoms with Crippen molar-refractivity contribution in [3.8, 4) is 0 Å². The molecule has 0 amide bonds. The number of carbonyl (C=O) groups is 1. The van der Waals surface area contributed by atoms with Crippen LogP contribution in [0.4, 0.5) is 5.69 Å². The van der Waals surface area contributed by atoms with E-state index >= 15 is 0 Å². The highest BCUT2D eigenvalue weighted by atomic mass is 16.5. The van der Waals surface area contributed by atoms with Crippen molar-refractivity contribution in [2.75, 3.05) is 11.9 Å². The number of aromatic nitrogens is 1. The lowest BCUT2D eigenvalue weighted by atomic mass is 10.1. The van der Waals surface area contributed by atoms with Gasteiger partial charge < -0.3 is 10.1 Å². The zero-order valence-corrected chi connectivity index (χ0v) is 11.7. The number of hydrogen-bond donors (Lipinski definition) is 1. The second kappa shape index (κ2) is 6.70. The summed E-state index contributed by atoms with van der Waals surface area (Å²) in [5.74, 6) is -0.295. The molecule has 0 radical (unpaired) electrons. The van der Waals surface area contributed by atoms with Crippen LogP contribution in [0.5, 0.6) is 0 Å². The molecule has 4 heteroatoms. The smallest absolute Gasteiger partial charge is 0.338 e. The monoisotopic (exact) mass is 270 g/mol. The molecule has 2 rings (SSSR count). The molecule has 2 aromatic rings. The van der Waals surface area contributed by atoms with Gasteiger partial charge in [0.1, 0.15) is 0 Å². The molecule has 0 aliphatic rings. The van der Waals surface area contributed by atoms with Gasteiger partial charge in [0, 0.05) is 11.9 Å². The fourth-order valence-electron chi connectivity index (χ4n) is 1.87. The summed E-state index contributed by atoms with van der Waals surface area (Å²) in [6.45, 7) is 4.22. The SMILES string of the molecule is CCOC(=O)c1ccc(NC(C)c2ccccn2)cc1. The van der Waals surface area contributed by atoms with Crippen LogP contribution in [0.1, 0.15) is 35.9 Å². The largest absolute Gasteiger partial charge is 0.462 e.